The molecule has 0 aromatic rings. The van der Waals surface area contributed by atoms with Crippen LogP contribution in [0.5, 0.6) is 0 Å². The summed E-state index contributed by atoms with van der Waals surface area (Å²) in [5.74, 6) is 0. The van der Waals surface area contributed by atoms with E-state index in [1.165, 1.54) is 0 Å². The molecule has 1 aliphatic rings. The van der Waals surface area contributed by atoms with E-state index in [1.807, 2.05) is 0 Å². The molecule has 74 valence electrons. The summed E-state index contributed by atoms with van der Waals surface area (Å²) < 4.78 is 0. The minimum absolute atomic E-state index is 0.212. The molecule has 4 nitrogen and oxygen atoms in total. The summed E-state index contributed by atoms with van der Waals surface area (Å²) in [6, 6.07) is -0.212. The van der Waals surface area contributed by atoms with Gasteiger partial charge in [-0.3, -0.25) is 4.79 Å². The van der Waals surface area contributed by atoms with Gasteiger partial charge in [-0.05, 0) is 24.4 Å². The van der Waals surface area contributed by atoms with Crippen molar-refractivity contribution >= 4 is 23.1 Å². The van der Waals surface area contributed by atoms with E-state index in [4.69, 9.17) is 16.7 Å². The van der Waals surface area contributed by atoms with Gasteiger partial charge in [-0.25, -0.2) is 9.69 Å². The van der Waals surface area contributed by atoms with Crippen molar-refractivity contribution in [2.75, 3.05) is 0 Å². The van der Waals surface area contributed by atoms with Crippen molar-refractivity contribution in [3.05, 3.63) is 0 Å². The van der Waals surface area contributed by atoms with Crippen LogP contribution in [0.25, 0.3) is 0 Å². The molecule has 0 aliphatic heterocycles. The van der Waals surface area contributed by atoms with Gasteiger partial charge in [0.05, 0.1) is 0 Å². The highest BCUT2D eigenvalue weighted by molar-refractivity contribution is 6.63. The van der Waals surface area contributed by atoms with E-state index in [0.29, 0.717) is 0 Å². The smallest absolute Gasteiger partial charge is 0.415 e. The molecule has 5 heteroatoms. The lowest BCUT2D eigenvalue weighted by Crippen LogP contribution is -2.42. The van der Waals surface area contributed by atoms with Gasteiger partial charge in [0.1, 0.15) is 0 Å². The topological polar surface area (TPSA) is 57.6 Å². The Morgan fingerprint density at radius 1 is 1.23 bits per heavy atom. The Morgan fingerprint density at radius 2 is 1.77 bits per heavy atom. The fourth-order valence-corrected chi connectivity index (χ4v) is 1.92. The van der Waals surface area contributed by atoms with Crippen molar-refractivity contribution in [2.45, 2.75) is 38.1 Å². The number of nitrogens with zero attached hydrogens (tertiary/aromatic N) is 1. The van der Waals surface area contributed by atoms with Crippen molar-refractivity contribution in [3.8, 4) is 0 Å². The van der Waals surface area contributed by atoms with Crippen LogP contribution in [-0.4, -0.2) is 27.5 Å². The first-order valence-electron chi connectivity index (χ1n) is 4.34. The van der Waals surface area contributed by atoms with Crippen LogP contribution in [0.1, 0.15) is 32.1 Å². The van der Waals surface area contributed by atoms with Gasteiger partial charge in [0.25, 0.3) is 0 Å². The maximum absolute atomic E-state index is 10.8. The SMILES string of the molecule is O=C(O)N(C(=O)Cl)C1CCCCC1. The van der Waals surface area contributed by atoms with Crippen molar-refractivity contribution in [2.24, 2.45) is 0 Å². The van der Waals surface area contributed by atoms with Gasteiger partial charge in [-0.2, -0.15) is 0 Å². The minimum Gasteiger partial charge on any atom is -0.465 e. The monoisotopic (exact) mass is 205 g/mol. The molecule has 0 aromatic carbocycles. The van der Waals surface area contributed by atoms with Crippen LogP contribution in [0, 0.1) is 0 Å². The summed E-state index contributed by atoms with van der Waals surface area (Å²) >= 11 is 5.18. The quantitative estimate of drug-likeness (QED) is 0.529. The standard InChI is InChI=1S/C8H12ClNO3/c9-7(11)10(8(12)13)6-4-2-1-3-5-6/h6H,1-5H2,(H,12,13). The number of imide groups is 1. The molecule has 0 unspecified atom stereocenters. The van der Waals surface area contributed by atoms with E-state index in [0.717, 1.165) is 37.0 Å². The van der Waals surface area contributed by atoms with E-state index in [2.05, 4.69) is 0 Å². The fraction of sp³-hybridized carbons (Fsp3) is 0.750. The van der Waals surface area contributed by atoms with E-state index in [1.54, 1.807) is 0 Å². The largest absolute Gasteiger partial charge is 0.465 e. The minimum atomic E-state index is -1.24. The van der Waals surface area contributed by atoms with Crippen molar-refractivity contribution < 1.29 is 14.7 Å². The molecular weight excluding hydrogens is 194 g/mol. The predicted molar refractivity (Wildman–Crippen MR) is 48.0 cm³/mol. The average molecular weight is 206 g/mol. The Labute approximate surface area is 81.5 Å². The van der Waals surface area contributed by atoms with Crippen molar-refractivity contribution in [3.63, 3.8) is 0 Å². The molecule has 2 amide bonds. The second kappa shape index (κ2) is 4.46. The van der Waals surface area contributed by atoms with Crippen LogP contribution in [-0.2, 0) is 0 Å². The molecule has 0 saturated heterocycles. The van der Waals surface area contributed by atoms with Gasteiger partial charge in [0, 0.05) is 6.04 Å². The lowest BCUT2D eigenvalue weighted by molar-refractivity contribution is 0.130. The third-order valence-electron chi connectivity index (χ3n) is 2.34. The van der Waals surface area contributed by atoms with Crippen LogP contribution in [0.4, 0.5) is 9.59 Å². The molecule has 0 radical (unpaired) electrons. The second-order valence-electron chi connectivity index (χ2n) is 3.20. The Balaban J connectivity index is 2.62. The summed E-state index contributed by atoms with van der Waals surface area (Å²) in [6.07, 6.45) is 3.29. The third kappa shape index (κ3) is 2.59. The molecule has 1 aliphatic carbocycles. The number of carboxylic acid groups (broad SMARTS) is 1. The fourth-order valence-electron chi connectivity index (χ4n) is 1.71. The molecule has 0 heterocycles. The molecule has 0 spiro atoms. The molecular formula is C8H12ClNO3. The number of hydrogen-bond acceptors (Lipinski definition) is 2. The number of amides is 2. The molecule has 0 aromatic heterocycles. The highest BCUT2D eigenvalue weighted by Crippen LogP contribution is 2.23. The molecule has 13 heavy (non-hydrogen) atoms. The van der Waals surface area contributed by atoms with Gasteiger partial charge in [0.15, 0.2) is 0 Å². The number of rotatable bonds is 1. The Bertz CT molecular complexity index is 199. The lowest BCUT2D eigenvalue weighted by atomic mass is 9.95. The highest BCUT2D eigenvalue weighted by atomic mass is 35.5. The Morgan fingerprint density at radius 3 is 2.15 bits per heavy atom. The number of halogens is 1. The Hall–Kier alpha value is -0.770. The summed E-state index contributed by atoms with van der Waals surface area (Å²) in [5.41, 5.74) is 0. The molecule has 0 atom stereocenters. The zero-order chi connectivity index (χ0) is 9.84. The summed E-state index contributed by atoms with van der Waals surface area (Å²) in [4.78, 5) is 22.2. The van der Waals surface area contributed by atoms with Gasteiger partial charge in [-0.1, -0.05) is 19.3 Å². The number of carbonyl (C=O) groups excluding carboxylic acids is 1. The van der Waals surface area contributed by atoms with Gasteiger partial charge >= 0.3 is 11.5 Å². The van der Waals surface area contributed by atoms with E-state index >= 15 is 0 Å². The maximum atomic E-state index is 10.8. The number of carbonyl (C=O) groups is 2. The first kappa shape index (κ1) is 10.3. The second-order valence-corrected chi connectivity index (χ2v) is 3.52. The molecule has 1 N–H and O–H groups in total. The lowest BCUT2D eigenvalue weighted by Gasteiger charge is -2.28. The third-order valence-corrected chi connectivity index (χ3v) is 2.52. The van der Waals surface area contributed by atoms with E-state index < -0.39 is 11.5 Å². The zero-order valence-corrected chi connectivity index (χ0v) is 7.96. The van der Waals surface area contributed by atoms with Crippen LogP contribution in [0.3, 0.4) is 0 Å². The van der Waals surface area contributed by atoms with Crippen LogP contribution in [0.15, 0.2) is 0 Å². The first-order valence-corrected chi connectivity index (χ1v) is 4.72. The summed E-state index contributed by atoms with van der Waals surface area (Å²) in [6.45, 7) is 0. The summed E-state index contributed by atoms with van der Waals surface area (Å²) in [7, 11) is 0. The molecule has 0 bridgehead atoms. The van der Waals surface area contributed by atoms with Gasteiger partial charge in [0.2, 0.25) is 0 Å². The highest BCUT2D eigenvalue weighted by Gasteiger charge is 2.29. The van der Waals surface area contributed by atoms with Crippen LogP contribution in [0.2, 0.25) is 0 Å². The molecule has 1 fully saturated rings. The van der Waals surface area contributed by atoms with Crippen molar-refractivity contribution in [1.82, 2.24) is 4.90 Å². The van der Waals surface area contributed by atoms with E-state index in [9.17, 15) is 9.59 Å². The number of hydrogen-bond donors (Lipinski definition) is 1. The van der Waals surface area contributed by atoms with E-state index in [-0.39, 0.29) is 6.04 Å². The van der Waals surface area contributed by atoms with Crippen LogP contribution >= 0.6 is 11.6 Å². The normalized spacial score (nSPS) is 18.2. The summed E-state index contributed by atoms with van der Waals surface area (Å²) in [5, 5.41) is 7.83. The first-order chi connectivity index (χ1) is 6.13. The van der Waals surface area contributed by atoms with Gasteiger partial charge in [-0.15, -0.1) is 0 Å². The maximum Gasteiger partial charge on any atom is 0.415 e. The molecule has 1 rings (SSSR count). The van der Waals surface area contributed by atoms with Crippen molar-refractivity contribution in [1.29, 1.82) is 0 Å². The Kier molecular flexibility index (Phi) is 3.54. The zero-order valence-electron chi connectivity index (χ0n) is 7.20. The average Bonchev–Trinajstić information content (AvgIpc) is 2.04. The van der Waals surface area contributed by atoms with Crippen LogP contribution < -0.4 is 0 Å². The van der Waals surface area contributed by atoms with Gasteiger partial charge < -0.3 is 5.11 Å². The molecule has 1 saturated carbocycles. The predicted octanol–water partition coefficient (Wildman–Crippen LogP) is 2.66.